The molecule has 136 valence electrons. The Morgan fingerprint density at radius 1 is 1.15 bits per heavy atom. The Morgan fingerprint density at radius 2 is 2.00 bits per heavy atom. The molecule has 0 unspecified atom stereocenters. The number of hydrogen-bond donors (Lipinski definition) is 1. The Bertz CT molecular complexity index is 787. The summed E-state index contributed by atoms with van der Waals surface area (Å²) in [7, 11) is 1.57. The fourth-order valence-corrected chi connectivity index (χ4v) is 3.29. The van der Waals surface area contributed by atoms with Crippen molar-refractivity contribution in [1.82, 2.24) is 5.32 Å². The fraction of sp³-hybridized carbons (Fsp3) is 0.333. The number of carbonyl (C=O) groups excluding carboxylic acids is 2. The number of carbonyl (C=O) groups is 2. The molecule has 5 heteroatoms. The van der Waals surface area contributed by atoms with E-state index in [1.807, 2.05) is 36.4 Å². The number of hydrogen-bond acceptors (Lipinski definition) is 4. The fourth-order valence-electron chi connectivity index (χ4n) is 3.29. The molecule has 1 atom stereocenters. The van der Waals surface area contributed by atoms with Gasteiger partial charge in [-0.2, -0.15) is 0 Å². The first-order valence-electron chi connectivity index (χ1n) is 8.81. The van der Waals surface area contributed by atoms with E-state index in [2.05, 4.69) is 11.4 Å². The van der Waals surface area contributed by atoms with Crippen molar-refractivity contribution in [2.45, 2.75) is 31.7 Å². The minimum atomic E-state index is -0.433. The zero-order valence-corrected chi connectivity index (χ0v) is 14.9. The van der Waals surface area contributed by atoms with Crippen LogP contribution in [0.2, 0.25) is 0 Å². The number of amides is 1. The van der Waals surface area contributed by atoms with Crippen molar-refractivity contribution in [3.8, 4) is 5.75 Å². The molecule has 0 aromatic heterocycles. The van der Waals surface area contributed by atoms with Crippen molar-refractivity contribution in [3.63, 3.8) is 0 Å². The molecule has 3 rings (SSSR count). The lowest BCUT2D eigenvalue weighted by Crippen LogP contribution is -2.34. The van der Waals surface area contributed by atoms with E-state index < -0.39 is 5.97 Å². The topological polar surface area (TPSA) is 64.6 Å². The van der Waals surface area contributed by atoms with E-state index in [9.17, 15) is 9.59 Å². The predicted octanol–water partition coefficient (Wildman–Crippen LogP) is 2.97. The van der Waals surface area contributed by atoms with Crippen LogP contribution in [0.5, 0.6) is 5.75 Å². The summed E-state index contributed by atoms with van der Waals surface area (Å²) in [5, 5.41) is 2.98. The van der Waals surface area contributed by atoms with Gasteiger partial charge in [0.15, 0.2) is 6.61 Å². The highest BCUT2D eigenvalue weighted by molar-refractivity contribution is 5.81. The third-order valence-electron chi connectivity index (χ3n) is 4.55. The van der Waals surface area contributed by atoms with Crippen molar-refractivity contribution in [2.24, 2.45) is 0 Å². The maximum absolute atomic E-state index is 12.2. The van der Waals surface area contributed by atoms with E-state index in [0.29, 0.717) is 5.75 Å². The summed E-state index contributed by atoms with van der Waals surface area (Å²) in [6.07, 6.45) is 3.09. The maximum Gasteiger partial charge on any atom is 0.310 e. The average molecular weight is 353 g/mol. The summed E-state index contributed by atoms with van der Waals surface area (Å²) in [4.78, 5) is 24.1. The van der Waals surface area contributed by atoms with E-state index in [1.54, 1.807) is 13.2 Å². The Hall–Kier alpha value is -2.82. The van der Waals surface area contributed by atoms with Gasteiger partial charge in [0.1, 0.15) is 5.75 Å². The largest absolute Gasteiger partial charge is 0.497 e. The third-order valence-corrected chi connectivity index (χ3v) is 4.55. The van der Waals surface area contributed by atoms with Crippen molar-refractivity contribution < 1.29 is 19.1 Å². The normalized spacial score (nSPS) is 15.7. The van der Waals surface area contributed by atoms with Crippen LogP contribution in [0.4, 0.5) is 0 Å². The molecule has 2 aromatic rings. The molecular weight excluding hydrogens is 330 g/mol. The van der Waals surface area contributed by atoms with Crippen LogP contribution in [0.25, 0.3) is 0 Å². The molecule has 0 saturated heterocycles. The molecular formula is C21H23NO4. The summed E-state index contributed by atoms with van der Waals surface area (Å²) in [6.45, 7) is -0.262. The summed E-state index contributed by atoms with van der Waals surface area (Å²) < 4.78 is 10.3. The number of aryl methyl sites for hydroxylation is 1. The van der Waals surface area contributed by atoms with E-state index >= 15 is 0 Å². The van der Waals surface area contributed by atoms with Gasteiger partial charge in [-0.25, -0.2) is 0 Å². The van der Waals surface area contributed by atoms with Gasteiger partial charge in [0, 0.05) is 0 Å². The molecule has 0 heterocycles. The summed E-state index contributed by atoms with van der Waals surface area (Å²) in [5.41, 5.74) is 3.23. The van der Waals surface area contributed by atoms with Crippen LogP contribution in [0, 0.1) is 0 Å². The zero-order chi connectivity index (χ0) is 18.4. The lowest BCUT2D eigenvalue weighted by atomic mass is 9.88. The van der Waals surface area contributed by atoms with E-state index in [-0.39, 0.29) is 25.0 Å². The number of methoxy groups -OCH3 is 1. The first-order valence-corrected chi connectivity index (χ1v) is 8.81. The second-order valence-corrected chi connectivity index (χ2v) is 6.40. The second-order valence-electron chi connectivity index (χ2n) is 6.40. The van der Waals surface area contributed by atoms with Crippen LogP contribution in [-0.4, -0.2) is 25.6 Å². The van der Waals surface area contributed by atoms with E-state index in [1.165, 1.54) is 5.56 Å². The first-order chi connectivity index (χ1) is 12.7. The molecule has 0 fully saturated rings. The van der Waals surface area contributed by atoms with Gasteiger partial charge >= 0.3 is 5.97 Å². The molecule has 26 heavy (non-hydrogen) atoms. The minimum Gasteiger partial charge on any atom is -0.497 e. The number of benzene rings is 2. The highest BCUT2D eigenvalue weighted by Crippen LogP contribution is 2.29. The molecule has 1 aliphatic rings. The molecule has 0 aliphatic heterocycles. The molecule has 0 radical (unpaired) electrons. The van der Waals surface area contributed by atoms with Gasteiger partial charge in [-0.15, -0.1) is 0 Å². The van der Waals surface area contributed by atoms with Crippen LogP contribution in [0.1, 0.15) is 35.6 Å². The molecule has 0 spiro atoms. The Kier molecular flexibility index (Phi) is 5.89. The van der Waals surface area contributed by atoms with Gasteiger partial charge < -0.3 is 14.8 Å². The SMILES string of the molecule is COc1cccc(CC(=O)OCC(=O)N[C@@H]2CCCc3ccccc32)c1. The monoisotopic (exact) mass is 353 g/mol. The average Bonchev–Trinajstić information content (AvgIpc) is 2.67. The molecule has 0 saturated carbocycles. The van der Waals surface area contributed by atoms with Crippen molar-refractivity contribution in [2.75, 3.05) is 13.7 Å². The number of fused-ring (bicyclic) bond motifs is 1. The number of nitrogens with one attached hydrogen (secondary N) is 1. The number of esters is 1. The van der Waals surface area contributed by atoms with Crippen LogP contribution in [-0.2, 0) is 27.2 Å². The van der Waals surface area contributed by atoms with E-state index in [0.717, 1.165) is 30.4 Å². The van der Waals surface area contributed by atoms with E-state index in [4.69, 9.17) is 9.47 Å². The lowest BCUT2D eigenvalue weighted by Gasteiger charge is -2.26. The first kappa shape index (κ1) is 18.0. The molecule has 1 aliphatic carbocycles. The maximum atomic E-state index is 12.2. The summed E-state index contributed by atoms with van der Waals surface area (Å²) >= 11 is 0. The Balaban J connectivity index is 1.49. The van der Waals surface area contributed by atoms with Crippen LogP contribution < -0.4 is 10.1 Å². The van der Waals surface area contributed by atoms with Gasteiger partial charge in [-0.3, -0.25) is 9.59 Å². The van der Waals surface area contributed by atoms with Crippen LogP contribution >= 0.6 is 0 Å². The second kappa shape index (κ2) is 8.52. The van der Waals surface area contributed by atoms with Gasteiger partial charge in [0.25, 0.3) is 5.91 Å². The van der Waals surface area contributed by atoms with Crippen LogP contribution in [0.15, 0.2) is 48.5 Å². The molecule has 0 bridgehead atoms. The Labute approximate surface area is 153 Å². The van der Waals surface area contributed by atoms with Crippen molar-refractivity contribution in [3.05, 3.63) is 65.2 Å². The Morgan fingerprint density at radius 3 is 2.85 bits per heavy atom. The smallest absolute Gasteiger partial charge is 0.310 e. The van der Waals surface area contributed by atoms with Gasteiger partial charge in [-0.05, 0) is 48.1 Å². The number of ether oxygens (including phenoxy) is 2. The predicted molar refractivity (Wildman–Crippen MR) is 97.9 cm³/mol. The summed E-state index contributed by atoms with van der Waals surface area (Å²) in [6, 6.07) is 15.4. The molecule has 1 amide bonds. The standard InChI is InChI=1S/C21H23NO4/c1-25-17-9-4-6-15(12-17)13-21(24)26-14-20(23)22-19-11-5-8-16-7-2-3-10-18(16)19/h2-4,6-7,9-10,12,19H,5,8,11,13-14H2,1H3,(H,22,23)/t19-/m1/s1. The minimum absolute atomic E-state index is 0.00969. The molecule has 1 N–H and O–H groups in total. The zero-order valence-electron chi connectivity index (χ0n) is 14.9. The highest BCUT2D eigenvalue weighted by atomic mass is 16.5. The van der Waals surface area contributed by atoms with Gasteiger partial charge in [0.2, 0.25) is 0 Å². The van der Waals surface area contributed by atoms with Crippen LogP contribution in [0.3, 0.4) is 0 Å². The summed E-state index contributed by atoms with van der Waals surface area (Å²) in [5.74, 6) is -0.0212. The quantitative estimate of drug-likeness (QED) is 0.811. The highest BCUT2D eigenvalue weighted by Gasteiger charge is 2.21. The lowest BCUT2D eigenvalue weighted by molar-refractivity contribution is -0.148. The third kappa shape index (κ3) is 4.63. The van der Waals surface area contributed by atoms with Crippen molar-refractivity contribution in [1.29, 1.82) is 0 Å². The van der Waals surface area contributed by atoms with Gasteiger partial charge in [0.05, 0.1) is 19.6 Å². The van der Waals surface area contributed by atoms with Crippen molar-refractivity contribution >= 4 is 11.9 Å². The molecule has 2 aromatic carbocycles. The van der Waals surface area contributed by atoms with Gasteiger partial charge in [-0.1, -0.05) is 36.4 Å². The molecule has 5 nitrogen and oxygen atoms in total. The number of rotatable bonds is 6.